The third-order valence-corrected chi connectivity index (χ3v) is 15.7. The maximum Gasteiger partial charge on any atom is 0.573 e. The molecule has 0 aliphatic heterocycles. The lowest BCUT2D eigenvalue weighted by Crippen LogP contribution is -2.17. The van der Waals surface area contributed by atoms with Gasteiger partial charge in [0, 0.05) is 63.0 Å². The summed E-state index contributed by atoms with van der Waals surface area (Å²) in [5.74, 6) is -0.185. The zero-order chi connectivity index (χ0) is 76.1. The van der Waals surface area contributed by atoms with Crippen LogP contribution in [0.15, 0.2) is 182 Å². The number of ether oxygens (including phenoxy) is 1. The fourth-order valence-corrected chi connectivity index (χ4v) is 8.87. The fourth-order valence-electron chi connectivity index (χ4n) is 8.87. The topological polar surface area (TPSA) is 60.8 Å². The quantitative estimate of drug-likeness (QED) is 0.153. The highest BCUT2D eigenvalue weighted by Gasteiger charge is 2.32. The standard InChI is InChI=1S/C14H17N.C11H13F3O.C11H13F3.2C11H16.3C10H15N/c1-10-6-5-7-11-8-9-12(14(2,3)4)15-13(10)11;1-10(2,3)8-4-6-9(7-5-8)15-11(12,13)14;1-10(2,3)8-5-4-6-9(7-8)11(12,13)14;2*1-9-5-7-10(8-6-9)11(2,3)4;1-8-5-6-9(7-11-8)10(2,3)4;2*1-8-5-6-9(11-7-8)10(2,3)4/h5-9H,1-4H3;4-7H,1-3H3;4-7H,1-3H3;2*5-8H,1-4H3;3*5-7H,1-4H3. The Morgan fingerprint density at radius 2 is 0.626 bits per heavy atom. The molecule has 99 heavy (non-hydrogen) atoms. The monoisotopic (exact) mass is 1360 g/mol. The van der Waals surface area contributed by atoms with E-state index in [0.717, 1.165) is 39.9 Å². The molecule has 0 N–H and O–H groups in total. The van der Waals surface area contributed by atoms with E-state index in [1.807, 2.05) is 67.1 Å². The second-order valence-electron chi connectivity index (χ2n) is 33.9. The maximum atomic E-state index is 12.4. The van der Waals surface area contributed by atoms with E-state index in [2.05, 4.69) is 294 Å². The molecule has 9 aromatic rings. The fraction of sp³-hybridized carbons (Fsp3) is 0.455. The zero-order valence-electron chi connectivity index (χ0n) is 65.8. The van der Waals surface area contributed by atoms with Gasteiger partial charge in [-0.25, -0.2) is 0 Å². The molecule has 0 atom stereocenters. The SMILES string of the molecule is CC(C)(C)c1ccc(OC(F)(F)F)cc1.CC(C)(C)c1cccc(C(F)(F)F)c1.Cc1ccc(C(C)(C)C)cc1.Cc1ccc(C(C)(C)C)cc1.Cc1ccc(C(C)(C)C)cn1.Cc1ccc(C(C)(C)C)nc1.Cc1ccc(C(C)(C)C)nc1.Cc1cccc2ccc(C(C)(C)C)nc12. The van der Waals surface area contributed by atoms with Crippen molar-refractivity contribution < 1.29 is 31.1 Å². The maximum absolute atomic E-state index is 12.4. The highest BCUT2D eigenvalue weighted by Crippen LogP contribution is 2.34. The molecule has 0 fully saturated rings. The highest BCUT2D eigenvalue weighted by atomic mass is 19.4. The second kappa shape index (κ2) is 36.1. The van der Waals surface area contributed by atoms with Crippen LogP contribution in [0.5, 0.6) is 5.75 Å². The van der Waals surface area contributed by atoms with Gasteiger partial charge in [0.2, 0.25) is 0 Å². The van der Waals surface area contributed by atoms with E-state index in [1.54, 1.807) is 18.2 Å². The second-order valence-corrected chi connectivity index (χ2v) is 33.9. The molecule has 4 heterocycles. The molecule has 540 valence electrons. The minimum atomic E-state index is -4.62. The highest BCUT2D eigenvalue weighted by molar-refractivity contribution is 5.81. The lowest BCUT2D eigenvalue weighted by molar-refractivity contribution is -0.274. The molecule has 11 heteroatoms. The minimum Gasteiger partial charge on any atom is -0.406 e. The van der Waals surface area contributed by atoms with Crippen LogP contribution in [-0.2, 0) is 49.5 Å². The van der Waals surface area contributed by atoms with E-state index in [1.165, 1.54) is 74.2 Å². The van der Waals surface area contributed by atoms with Crippen LogP contribution in [-0.4, -0.2) is 26.3 Å². The minimum absolute atomic E-state index is 0.0727. The van der Waals surface area contributed by atoms with Gasteiger partial charge in [-0.2, -0.15) is 13.2 Å². The first kappa shape index (κ1) is 87.4. The lowest BCUT2D eigenvalue weighted by Gasteiger charge is -2.20. The van der Waals surface area contributed by atoms with E-state index in [-0.39, 0.29) is 49.1 Å². The molecular weight excluding hydrogens is 1240 g/mol. The van der Waals surface area contributed by atoms with Crippen molar-refractivity contribution in [2.45, 2.75) is 264 Å². The number of halogens is 6. The number of aromatic nitrogens is 4. The van der Waals surface area contributed by atoms with Gasteiger partial charge in [0.25, 0.3) is 0 Å². The average molecular weight is 1360 g/mol. The molecule has 9 rings (SSSR count). The van der Waals surface area contributed by atoms with E-state index < -0.39 is 18.1 Å². The van der Waals surface area contributed by atoms with Crippen molar-refractivity contribution in [1.82, 2.24) is 19.9 Å². The summed E-state index contributed by atoms with van der Waals surface area (Å²) in [6.07, 6.45) is -3.08. The number of aryl methyl sites for hydroxylation is 6. The van der Waals surface area contributed by atoms with Gasteiger partial charge >= 0.3 is 12.5 Å². The Balaban J connectivity index is 0.000000386. The van der Waals surface area contributed by atoms with Gasteiger partial charge in [-0.3, -0.25) is 19.9 Å². The first-order valence-electron chi connectivity index (χ1n) is 34.2. The van der Waals surface area contributed by atoms with Crippen molar-refractivity contribution in [2.75, 3.05) is 0 Å². The molecule has 0 saturated carbocycles. The number of fused-ring (bicyclic) bond motifs is 1. The molecule has 0 spiro atoms. The largest absolute Gasteiger partial charge is 0.573 e. The van der Waals surface area contributed by atoms with Crippen LogP contribution in [0.25, 0.3) is 10.9 Å². The van der Waals surface area contributed by atoms with Crippen LogP contribution in [0, 0.1) is 41.5 Å². The Kier molecular flexibility index (Phi) is 31.9. The summed E-state index contributed by atoms with van der Waals surface area (Å²) < 4.78 is 76.4. The van der Waals surface area contributed by atoms with Gasteiger partial charge in [0.1, 0.15) is 5.75 Å². The Labute approximate surface area is 594 Å². The van der Waals surface area contributed by atoms with Crippen LogP contribution in [0.2, 0.25) is 0 Å². The van der Waals surface area contributed by atoms with Gasteiger partial charge in [-0.05, 0) is 156 Å². The predicted molar refractivity (Wildman–Crippen MR) is 410 cm³/mol. The van der Waals surface area contributed by atoms with Crippen molar-refractivity contribution in [1.29, 1.82) is 0 Å². The molecule has 0 saturated heterocycles. The van der Waals surface area contributed by atoms with E-state index in [4.69, 9.17) is 4.98 Å². The molecule has 5 nitrogen and oxygen atoms in total. The molecule has 0 unspecified atom stereocenters. The summed E-state index contributed by atoms with van der Waals surface area (Å²) in [7, 11) is 0. The van der Waals surface area contributed by atoms with Gasteiger partial charge in [0.15, 0.2) is 0 Å². The van der Waals surface area contributed by atoms with Gasteiger partial charge in [-0.1, -0.05) is 299 Å². The number of benzene rings is 5. The normalized spacial score (nSPS) is 12.0. The summed E-state index contributed by atoms with van der Waals surface area (Å²) in [5.41, 5.74) is 18.2. The number of nitrogens with zero attached hydrogens (tertiary/aromatic N) is 4. The summed E-state index contributed by atoms with van der Waals surface area (Å²) in [4.78, 5) is 17.7. The smallest absolute Gasteiger partial charge is 0.406 e. The molecule has 0 aliphatic rings. The summed E-state index contributed by atoms with van der Waals surface area (Å²) in [6.45, 7) is 63.7. The lowest BCUT2D eigenvalue weighted by atomic mass is 9.86. The molecule has 0 bridgehead atoms. The van der Waals surface area contributed by atoms with Crippen molar-refractivity contribution in [3.05, 3.63) is 266 Å². The zero-order valence-corrected chi connectivity index (χ0v) is 65.8. The van der Waals surface area contributed by atoms with E-state index in [9.17, 15) is 26.3 Å². The predicted octanol–water partition coefficient (Wildman–Crippen LogP) is 26.4. The van der Waals surface area contributed by atoms with Crippen LogP contribution in [0.4, 0.5) is 26.3 Å². The van der Waals surface area contributed by atoms with Crippen molar-refractivity contribution in [3.8, 4) is 5.75 Å². The van der Waals surface area contributed by atoms with E-state index >= 15 is 0 Å². The van der Waals surface area contributed by atoms with E-state index in [0.29, 0.717) is 5.56 Å². The molecule has 5 aromatic carbocycles. The van der Waals surface area contributed by atoms with Gasteiger partial charge < -0.3 is 4.74 Å². The van der Waals surface area contributed by atoms with Crippen LogP contribution in [0.1, 0.15) is 250 Å². The first-order chi connectivity index (χ1) is 44.9. The van der Waals surface area contributed by atoms with Crippen LogP contribution < -0.4 is 4.74 Å². The molecule has 0 radical (unpaired) electrons. The number of hydrogen-bond acceptors (Lipinski definition) is 5. The van der Waals surface area contributed by atoms with Crippen molar-refractivity contribution in [2.24, 2.45) is 0 Å². The van der Waals surface area contributed by atoms with Crippen LogP contribution in [0.3, 0.4) is 0 Å². The molecule has 0 amide bonds. The summed E-state index contributed by atoms with van der Waals surface area (Å²) >= 11 is 0. The Morgan fingerprint density at radius 1 is 0.283 bits per heavy atom. The van der Waals surface area contributed by atoms with Gasteiger partial charge in [-0.15, -0.1) is 13.2 Å². The molecular formula is C88H120F6N4O. The molecule has 0 aliphatic carbocycles. The Hall–Kier alpha value is -7.66. The average Bonchev–Trinajstić information content (AvgIpc) is 0.814. The van der Waals surface area contributed by atoms with Crippen molar-refractivity contribution >= 4 is 10.9 Å². The first-order valence-corrected chi connectivity index (χ1v) is 34.2. The number of alkyl halides is 6. The Bertz CT molecular complexity index is 3440. The Morgan fingerprint density at radius 3 is 0.949 bits per heavy atom. The summed E-state index contributed by atoms with van der Waals surface area (Å²) in [6, 6.07) is 52.1. The van der Waals surface area contributed by atoms with Crippen LogP contribution >= 0.6 is 0 Å². The third-order valence-electron chi connectivity index (χ3n) is 15.7. The summed E-state index contributed by atoms with van der Waals surface area (Å²) in [5, 5.41) is 1.23. The van der Waals surface area contributed by atoms with Crippen molar-refractivity contribution in [3.63, 3.8) is 0 Å². The third kappa shape index (κ3) is 33.8. The number of para-hydroxylation sites is 1. The van der Waals surface area contributed by atoms with Gasteiger partial charge in [0.05, 0.1) is 11.1 Å². The number of hydrogen-bond donors (Lipinski definition) is 0. The molecule has 4 aromatic heterocycles. The number of pyridine rings is 4. The number of rotatable bonds is 1.